The Morgan fingerprint density at radius 2 is 1.71 bits per heavy atom. The molecule has 0 saturated heterocycles. The van der Waals surface area contributed by atoms with Crippen LogP contribution < -0.4 is 10.1 Å². The van der Waals surface area contributed by atoms with Gasteiger partial charge in [-0.3, -0.25) is 4.79 Å². The van der Waals surface area contributed by atoms with Gasteiger partial charge in [0, 0.05) is 12.1 Å². The summed E-state index contributed by atoms with van der Waals surface area (Å²) < 4.78 is 5.50. The number of rotatable bonds is 7. The fourth-order valence-electron chi connectivity index (χ4n) is 3.65. The minimum absolute atomic E-state index is 0. The van der Waals surface area contributed by atoms with E-state index in [2.05, 4.69) is 63.3 Å². The number of hydrogen-bond donors (Lipinski definition) is 1. The SMILES string of the molecule is COc1ccc(C(C)c2cc[c-]cc2)c(-c2ccc(C(=O)NCC(C)C)cc2C)c1.[Y+3]. The van der Waals surface area contributed by atoms with Crippen LogP contribution in [0.25, 0.3) is 11.1 Å². The van der Waals surface area contributed by atoms with Gasteiger partial charge in [0.1, 0.15) is 5.75 Å². The second kappa shape index (κ2) is 11.6. The van der Waals surface area contributed by atoms with E-state index in [4.69, 9.17) is 4.74 Å². The number of nitrogens with one attached hydrogen (secondary N) is 1. The van der Waals surface area contributed by atoms with Gasteiger partial charge in [-0.1, -0.05) is 32.9 Å². The molecule has 0 fully saturated rings. The van der Waals surface area contributed by atoms with Crippen LogP contribution in [0.5, 0.6) is 5.75 Å². The Labute approximate surface area is 211 Å². The van der Waals surface area contributed by atoms with E-state index in [9.17, 15) is 4.79 Å². The molecule has 0 aromatic heterocycles. The molecule has 0 aliphatic carbocycles. The van der Waals surface area contributed by atoms with Gasteiger partial charge < -0.3 is 10.1 Å². The molecule has 0 saturated carbocycles. The van der Waals surface area contributed by atoms with Crippen LogP contribution in [-0.2, 0) is 32.7 Å². The number of carbonyl (C=O) groups excluding carboxylic acids is 1. The fourth-order valence-corrected chi connectivity index (χ4v) is 3.65. The maximum absolute atomic E-state index is 12.5. The first-order valence-electron chi connectivity index (χ1n) is 10.4. The number of aryl methyl sites for hydroxylation is 1. The van der Waals surface area contributed by atoms with Gasteiger partial charge in [0.2, 0.25) is 0 Å². The van der Waals surface area contributed by atoms with Crippen LogP contribution in [0.3, 0.4) is 0 Å². The normalized spacial score (nSPS) is 11.5. The smallest absolute Gasteiger partial charge is 0.497 e. The molecule has 3 nitrogen and oxygen atoms in total. The van der Waals surface area contributed by atoms with E-state index in [1.165, 1.54) is 11.1 Å². The van der Waals surface area contributed by atoms with Gasteiger partial charge in [0.25, 0.3) is 5.91 Å². The van der Waals surface area contributed by atoms with Crippen LogP contribution in [0.1, 0.15) is 53.7 Å². The molecule has 3 aromatic carbocycles. The van der Waals surface area contributed by atoms with E-state index < -0.39 is 0 Å². The standard InChI is InChI=1S/C27H30NO2.Y/c1-18(2)17-28-27(29)22-11-13-24(19(3)15-22)26-16-23(30-5)12-14-25(26)20(4)21-9-7-6-8-10-21;/h7-16,18,20H,17H2,1-5H3,(H,28,29);/q-1;+3. The zero-order valence-electron chi connectivity index (χ0n) is 19.0. The van der Waals surface area contributed by atoms with Crippen LogP contribution in [-0.4, -0.2) is 19.6 Å². The third-order valence-electron chi connectivity index (χ3n) is 5.42. The van der Waals surface area contributed by atoms with Crippen molar-refractivity contribution in [3.05, 3.63) is 89.0 Å². The molecule has 1 amide bonds. The second-order valence-corrected chi connectivity index (χ2v) is 8.14. The summed E-state index contributed by atoms with van der Waals surface area (Å²) in [5, 5.41) is 2.99. The first kappa shape index (κ1) is 25.3. The van der Waals surface area contributed by atoms with Gasteiger partial charge >= 0.3 is 32.7 Å². The van der Waals surface area contributed by atoms with Gasteiger partial charge in [0.15, 0.2) is 0 Å². The van der Waals surface area contributed by atoms with Crippen LogP contribution in [0.2, 0.25) is 0 Å². The number of benzene rings is 3. The van der Waals surface area contributed by atoms with Crippen molar-refractivity contribution >= 4 is 5.91 Å². The van der Waals surface area contributed by atoms with Gasteiger partial charge in [-0.2, -0.15) is 35.9 Å². The van der Waals surface area contributed by atoms with E-state index in [0.717, 1.165) is 22.4 Å². The Balaban J connectivity index is 0.00000341. The van der Waals surface area contributed by atoms with Crippen LogP contribution >= 0.6 is 0 Å². The molecule has 1 unspecified atom stereocenters. The van der Waals surface area contributed by atoms with Crippen molar-refractivity contribution in [3.8, 4) is 16.9 Å². The van der Waals surface area contributed by atoms with Crippen LogP contribution in [0, 0.1) is 18.9 Å². The zero-order chi connectivity index (χ0) is 21.7. The third kappa shape index (κ3) is 6.27. The van der Waals surface area contributed by atoms with E-state index in [1.807, 2.05) is 36.4 Å². The molecule has 31 heavy (non-hydrogen) atoms. The first-order chi connectivity index (χ1) is 14.4. The van der Waals surface area contributed by atoms with E-state index >= 15 is 0 Å². The minimum Gasteiger partial charge on any atom is -0.497 e. The fraction of sp³-hybridized carbons (Fsp3) is 0.296. The Kier molecular flexibility index (Phi) is 9.46. The molecule has 3 aromatic rings. The quantitative estimate of drug-likeness (QED) is 0.413. The minimum atomic E-state index is -0.0295. The number of methoxy groups -OCH3 is 1. The van der Waals surface area contributed by atoms with E-state index in [1.54, 1.807) is 7.11 Å². The molecule has 0 radical (unpaired) electrons. The number of carbonyl (C=O) groups is 1. The molecule has 0 bridgehead atoms. The molecule has 1 N–H and O–H groups in total. The molecule has 0 aliphatic rings. The number of hydrogen-bond acceptors (Lipinski definition) is 2. The average Bonchev–Trinajstić information content (AvgIpc) is 2.77. The van der Waals surface area contributed by atoms with E-state index in [-0.39, 0.29) is 44.5 Å². The molecule has 4 heteroatoms. The zero-order valence-corrected chi connectivity index (χ0v) is 21.9. The van der Waals surface area contributed by atoms with Crippen LogP contribution in [0.15, 0.2) is 60.7 Å². The molecular weight excluding hydrogens is 459 g/mol. The molecule has 1 atom stereocenters. The summed E-state index contributed by atoms with van der Waals surface area (Å²) >= 11 is 0. The van der Waals surface area contributed by atoms with Crippen molar-refractivity contribution in [2.75, 3.05) is 13.7 Å². The average molecular weight is 489 g/mol. The monoisotopic (exact) mass is 489 g/mol. The first-order valence-corrected chi connectivity index (χ1v) is 10.4. The Hall–Kier alpha value is -1.97. The summed E-state index contributed by atoms with van der Waals surface area (Å²) in [6, 6.07) is 23.3. The Morgan fingerprint density at radius 1 is 1.00 bits per heavy atom. The molecule has 0 spiro atoms. The topological polar surface area (TPSA) is 38.3 Å². The van der Waals surface area contributed by atoms with Gasteiger partial charge in [0.05, 0.1) is 7.11 Å². The van der Waals surface area contributed by atoms with Crippen molar-refractivity contribution in [3.63, 3.8) is 0 Å². The Morgan fingerprint density at radius 3 is 2.32 bits per heavy atom. The third-order valence-corrected chi connectivity index (χ3v) is 5.42. The molecule has 0 heterocycles. The predicted molar refractivity (Wildman–Crippen MR) is 123 cm³/mol. The van der Waals surface area contributed by atoms with Crippen molar-refractivity contribution in [1.82, 2.24) is 5.32 Å². The van der Waals surface area contributed by atoms with Gasteiger partial charge in [-0.15, -0.1) is 0 Å². The largest absolute Gasteiger partial charge is 3.00 e. The summed E-state index contributed by atoms with van der Waals surface area (Å²) in [6.07, 6.45) is 0. The summed E-state index contributed by atoms with van der Waals surface area (Å²) in [4.78, 5) is 12.5. The van der Waals surface area contributed by atoms with Crippen molar-refractivity contribution in [1.29, 1.82) is 0 Å². The van der Waals surface area contributed by atoms with Crippen molar-refractivity contribution in [2.45, 2.75) is 33.6 Å². The maximum atomic E-state index is 12.5. The number of amides is 1. The van der Waals surface area contributed by atoms with Gasteiger partial charge in [-0.25, -0.2) is 0 Å². The number of ether oxygens (including phenoxy) is 1. The van der Waals surface area contributed by atoms with Crippen molar-refractivity contribution < 1.29 is 42.2 Å². The summed E-state index contributed by atoms with van der Waals surface area (Å²) in [7, 11) is 1.68. The maximum Gasteiger partial charge on any atom is 3.00 e. The molecule has 156 valence electrons. The summed E-state index contributed by atoms with van der Waals surface area (Å²) in [5.41, 5.74) is 6.45. The molecule has 0 aliphatic heterocycles. The van der Waals surface area contributed by atoms with E-state index in [0.29, 0.717) is 18.0 Å². The summed E-state index contributed by atoms with van der Waals surface area (Å²) in [5.74, 6) is 1.43. The van der Waals surface area contributed by atoms with Gasteiger partial charge in [-0.05, 0) is 65.3 Å². The second-order valence-electron chi connectivity index (χ2n) is 8.14. The Bertz CT molecular complexity index is 1010. The molecule has 3 rings (SSSR count). The predicted octanol–water partition coefficient (Wildman–Crippen LogP) is 6.01. The summed E-state index contributed by atoms with van der Waals surface area (Å²) in [6.45, 7) is 9.12. The molecular formula is C27H30NO2Y+2. The van der Waals surface area contributed by atoms with Crippen LogP contribution in [0.4, 0.5) is 0 Å². The van der Waals surface area contributed by atoms with Crippen molar-refractivity contribution in [2.24, 2.45) is 5.92 Å².